The Kier molecular flexibility index (Phi) is 5.76. The van der Waals surface area contributed by atoms with Crippen LogP contribution in [0.3, 0.4) is 0 Å². The Labute approximate surface area is 136 Å². The topological polar surface area (TPSA) is 76.2 Å². The van der Waals surface area contributed by atoms with Crippen molar-refractivity contribution in [1.82, 2.24) is 10.2 Å². The summed E-state index contributed by atoms with van der Waals surface area (Å²) >= 11 is 0. The maximum absolute atomic E-state index is 11.8. The van der Waals surface area contributed by atoms with Crippen molar-refractivity contribution in [1.29, 1.82) is 0 Å². The van der Waals surface area contributed by atoms with E-state index in [1.807, 2.05) is 36.4 Å². The third kappa shape index (κ3) is 5.75. The summed E-state index contributed by atoms with van der Waals surface area (Å²) in [6.07, 6.45) is 0. The minimum Gasteiger partial charge on any atom is -0.491 e. The molecular formula is C17H23N3O3. The van der Waals surface area contributed by atoms with E-state index in [0.29, 0.717) is 19.0 Å². The Balaban J connectivity index is 1.64. The molecular weight excluding hydrogens is 294 g/mol. The number of rotatable bonds is 7. The molecule has 1 aromatic carbocycles. The van der Waals surface area contributed by atoms with E-state index < -0.39 is 0 Å². The fraction of sp³-hybridized carbons (Fsp3) is 0.412. The van der Waals surface area contributed by atoms with Gasteiger partial charge in [-0.1, -0.05) is 39.0 Å². The number of aromatic nitrogens is 2. The Morgan fingerprint density at radius 2 is 1.96 bits per heavy atom. The predicted molar refractivity (Wildman–Crippen MR) is 88.7 cm³/mol. The number of carbonyl (C=O) groups is 1. The quantitative estimate of drug-likeness (QED) is 0.770. The fourth-order valence-electron chi connectivity index (χ4n) is 1.85. The molecule has 1 aromatic heterocycles. The zero-order chi connectivity index (χ0) is 16.7. The van der Waals surface area contributed by atoms with Crippen molar-refractivity contribution in [2.45, 2.75) is 26.2 Å². The highest BCUT2D eigenvalue weighted by molar-refractivity contribution is 5.90. The molecule has 0 bridgehead atoms. The summed E-state index contributed by atoms with van der Waals surface area (Å²) in [6, 6.07) is 11.3. The Hall–Kier alpha value is -2.34. The maximum atomic E-state index is 11.8. The molecule has 23 heavy (non-hydrogen) atoms. The van der Waals surface area contributed by atoms with Gasteiger partial charge in [0.15, 0.2) is 5.82 Å². The van der Waals surface area contributed by atoms with Crippen LogP contribution in [0.15, 0.2) is 36.4 Å². The number of benzene rings is 1. The normalized spacial score (nSPS) is 11.3. The fourth-order valence-corrected chi connectivity index (χ4v) is 1.85. The van der Waals surface area contributed by atoms with Crippen LogP contribution in [0.25, 0.3) is 0 Å². The molecule has 1 amide bonds. The lowest BCUT2D eigenvalue weighted by molar-refractivity contribution is -0.120. The first-order chi connectivity index (χ1) is 10.9. The number of nitrogens with one attached hydrogen (secondary N) is 2. The van der Waals surface area contributed by atoms with Crippen molar-refractivity contribution in [3.8, 4) is 5.75 Å². The van der Waals surface area contributed by atoms with Gasteiger partial charge in [0.1, 0.15) is 19.0 Å². The van der Waals surface area contributed by atoms with Crippen molar-refractivity contribution in [3.63, 3.8) is 0 Å². The first kappa shape index (κ1) is 17.0. The summed E-state index contributed by atoms with van der Waals surface area (Å²) in [5, 5.41) is 9.69. The molecule has 0 saturated carbocycles. The molecule has 0 aliphatic heterocycles. The molecule has 6 heteroatoms. The molecule has 0 atom stereocenters. The van der Waals surface area contributed by atoms with Gasteiger partial charge in [0.05, 0.1) is 6.61 Å². The summed E-state index contributed by atoms with van der Waals surface area (Å²) in [5.41, 5.74) is 0.923. The van der Waals surface area contributed by atoms with Crippen molar-refractivity contribution >= 4 is 11.7 Å². The van der Waals surface area contributed by atoms with E-state index in [1.54, 1.807) is 0 Å². The third-order valence-electron chi connectivity index (χ3n) is 3.13. The molecule has 0 spiro atoms. The van der Waals surface area contributed by atoms with Gasteiger partial charge in [-0.05, 0) is 12.1 Å². The second-order valence-corrected chi connectivity index (χ2v) is 6.18. The predicted octanol–water partition coefficient (Wildman–Crippen LogP) is 2.74. The van der Waals surface area contributed by atoms with E-state index in [2.05, 4.69) is 36.3 Å². The second kappa shape index (κ2) is 7.78. The van der Waals surface area contributed by atoms with E-state index in [1.165, 1.54) is 0 Å². The molecule has 6 nitrogen and oxygen atoms in total. The first-order valence-corrected chi connectivity index (χ1v) is 7.56. The van der Waals surface area contributed by atoms with Gasteiger partial charge in [-0.25, -0.2) is 0 Å². The van der Waals surface area contributed by atoms with Gasteiger partial charge in [0.25, 0.3) is 5.91 Å². The van der Waals surface area contributed by atoms with Gasteiger partial charge in [-0.15, -0.1) is 0 Å². The van der Waals surface area contributed by atoms with E-state index >= 15 is 0 Å². The number of nitrogens with zero attached hydrogens (tertiary/aromatic N) is 1. The molecule has 0 unspecified atom stereocenters. The van der Waals surface area contributed by atoms with Crippen LogP contribution in [0, 0.1) is 0 Å². The Bertz CT molecular complexity index is 618. The summed E-state index contributed by atoms with van der Waals surface area (Å²) in [4.78, 5) is 11.8. The highest BCUT2D eigenvalue weighted by Gasteiger charge is 2.17. The summed E-state index contributed by atoms with van der Waals surface area (Å²) in [5.74, 6) is 1.05. The lowest BCUT2D eigenvalue weighted by Gasteiger charge is -2.14. The molecule has 0 aliphatic carbocycles. The van der Waals surface area contributed by atoms with Crippen LogP contribution in [0.2, 0.25) is 0 Å². The van der Waals surface area contributed by atoms with Crippen LogP contribution in [0.1, 0.15) is 26.5 Å². The van der Waals surface area contributed by atoms with Crippen LogP contribution in [-0.4, -0.2) is 35.9 Å². The number of ether oxygens (including phenoxy) is 2. The van der Waals surface area contributed by atoms with Gasteiger partial charge in [0.2, 0.25) is 0 Å². The molecule has 0 radical (unpaired) electrons. The van der Waals surface area contributed by atoms with Gasteiger partial charge in [-0.3, -0.25) is 9.89 Å². The van der Waals surface area contributed by atoms with E-state index in [4.69, 9.17) is 9.47 Å². The van der Waals surface area contributed by atoms with E-state index in [0.717, 1.165) is 11.4 Å². The lowest BCUT2D eigenvalue weighted by atomic mass is 9.92. The molecule has 2 N–H and O–H groups in total. The van der Waals surface area contributed by atoms with Crippen LogP contribution < -0.4 is 10.1 Å². The number of anilines is 1. The second-order valence-electron chi connectivity index (χ2n) is 6.18. The zero-order valence-electron chi connectivity index (χ0n) is 13.8. The molecule has 124 valence electrons. The highest BCUT2D eigenvalue weighted by atomic mass is 16.5. The van der Waals surface area contributed by atoms with E-state index in [-0.39, 0.29) is 17.9 Å². The molecule has 0 saturated heterocycles. The van der Waals surface area contributed by atoms with Gasteiger partial charge in [0, 0.05) is 17.2 Å². The average Bonchev–Trinajstić information content (AvgIpc) is 2.96. The zero-order valence-corrected chi connectivity index (χ0v) is 13.8. The van der Waals surface area contributed by atoms with Crippen LogP contribution in [0.5, 0.6) is 5.75 Å². The number of hydrogen-bond acceptors (Lipinski definition) is 4. The van der Waals surface area contributed by atoms with Crippen LogP contribution >= 0.6 is 0 Å². The number of para-hydroxylation sites is 1. The Morgan fingerprint density at radius 1 is 1.22 bits per heavy atom. The largest absolute Gasteiger partial charge is 0.491 e. The molecule has 2 rings (SSSR count). The monoisotopic (exact) mass is 317 g/mol. The number of aromatic amines is 1. The highest BCUT2D eigenvalue weighted by Crippen LogP contribution is 2.21. The number of H-pyrrole nitrogens is 1. The van der Waals surface area contributed by atoms with Crippen LogP contribution in [-0.2, 0) is 14.9 Å². The summed E-state index contributed by atoms with van der Waals surface area (Å²) < 4.78 is 10.8. The number of hydrogen-bond donors (Lipinski definition) is 2. The van der Waals surface area contributed by atoms with Crippen molar-refractivity contribution < 1.29 is 14.3 Å². The van der Waals surface area contributed by atoms with Gasteiger partial charge in [-0.2, -0.15) is 5.10 Å². The van der Waals surface area contributed by atoms with Crippen molar-refractivity contribution in [3.05, 3.63) is 42.1 Å². The number of carbonyl (C=O) groups excluding carboxylic acids is 1. The smallest absolute Gasteiger partial charge is 0.251 e. The Morgan fingerprint density at radius 3 is 2.61 bits per heavy atom. The molecule has 0 fully saturated rings. The summed E-state index contributed by atoms with van der Waals surface area (Å²) in [7, 11) is 0. The van der Waals surface area contributed by atoms with Crippen molar-refractivity contribution in [2.75, 3.05) is 25.1 Å². The van der Waals surface area contributed by atoms with Crippen LogP contribution in [0.4, 0.5) is 5.82 Å². The van der Waals surface area contributed by atoms with Gasteiger partial charge < -0.3 is 14.8 Å². The average molecular weight is 317 g/mol. The first-order valence-electron chi connectivity index (χ1n) is 7.56. The van der Waals surface area contributed by atoms with E-state index in [9.17, 15) is 4.79 Å². The number of amides is 1. The molecule has 0 aliphatic rings. The lowest BCUT2D eigenvalue weighted by Crippen LogP contribution is -2.20. The van der Waals surface area contributed by atoms with Crippen molar-refractivity contribution in [2.24, 2.45) is 0 Å². The maximum Gasteiger partial charge on any atom is 0.251 e. The third-order valence-corrected chi connectivity index (χ3v) is 3.13. The SMILES string of the molecule is CC(C)(C)c1cc(NC(=O)COCCOc2ccccc2)n[nH]1. The minimum atomic E-state index is -0.239. The summed E-state index contributed by atoms with van der Waals surface area (Å²) in [6.45, 7) is 6.92. The molecule has 2 aromatic rings. The minimum absolute atomic E-state index is 0.0319. The van der Waals surface area contributed by atoms with Gasteiger partial charge >= 0.3 is 0 Å². The standard InChI is InChI=1S/C17H23N3O3/c1-17(2,3)14-11-15(20-19-14)18-16(21)12-22-9-10-23-13-7-5-4-6-8-13/h4-8,11H,9-10,12H2,1-3H3,(H2,18,19,20,21). The molecule has 1 heterocycles.